The highest BCUT2D eigenvalue weighted by Gasteiger charge is 2.23. The van der Waals surface area contributed by atoms with Crippen molar-refractivity contribution in [3.05, 3.63) is 29.8 Å². The molecule has 0 aromatic heterocycles. The van der Waals surface area contributed by atoms with E-state index >= 15 is 0 Å². The van der Waals surface area contributed by atoms with Crippen LogP contribution < -0.4 is 10.5 Å². The molecule has 0 aliphatic carbocycles. The fourth-order valence-electron chi connectivity index (χ4n) is 2.11. The third-order valence-corrected chi connectivity index (χ3v) is 3.21. The summed E-state index contributed by atoms with van der Waals surface area (Å²) >= 11 is 0. The van der Waals surface area contributed by atoms with Gasteiger partial charge < -0.3 is 15.2 Å². The van der Waals surface area contributed by atoms with E-state index in [1.807, 2.05) is 12.1 Å². The molecule has 1 saturated heterocycles. The normalized spacial score (nSPS) is 21.4. The van der Waals surface area contributed by atoms with E-state index in [1.165, 1.54) is 5.56 Å². The lowest BCUT2D eigenvalue weighted by Crippen LogP contribution is -2.21. The van der Waals surface area contributed by atoms with Gasteiger partial charge in [-0.15, -0.1) is 0 Å². The van der Waals surface area contributed by atoms with Crippen molar-refractivity contribution in [3.8, 4) is 5.75 Å². The Hall–Kier alpha value is -1.06. The molecular weight excluding hydrogens is 214 g/mol. The van der Waals surface area contributed by atoms with Crippen LogP contribution in [0.5, 0.6) is 5.75 Å². The second-order valence-electron chi connectivity index (χ2n) is 4.57. The van der Waals surface area contributed by atoms with Crippen molar-refractivity contribution < 1.29 is 9.47 Å². The summed E-state index contributed by atoms with van der Waals surface area (Å²) in [6.07, 6.45) is 2.09. The van der Waals surface area contributed by atoms with Gasteiger partial charge in [0.15, 0.2) is 0 Å². The SMILES string of the molecule is CCCOc1ccc(C(N)C2CCOC2)cc1. The van der Waals surface area contributed by atoms with Gasteiger partial charge in [0, 0.05) is 18.6 Å². The van der Waals surface area contributed by atoms with Crippen molar-refractivity contribution in [2.24, 2.45) is 11.7 Å². The van der Waals surface area contributed by atoms with Crippen molar-refractivity contribution in [1.82, 2.24) is 0 Å². The second kappa shape index (κ2) is 6.03. The molecule has 2 N–H and O–H groups in total. The van der Waals surface area contributed by atoms with Crippen molar-refractivity contribution in [2.45, 2.75) is 25.8 Å². The molecule has 0 radical (unpaired) electrons. The van der Waals surface area contributed by atoms with Crippen LogP contribution in [0, 0.1) is 5.92 Å². The predicted molar refractivity (Wildman–Crippen MR) is 68.1 cm³/mol. The number of nitrogens with two attached hydrogens (primary N) is 1. The Bertz CT molecular complexity index is 331. The third-order valence-electron chi connectivity index (χ3n) is 3.21. The van der Waals surface area contributed by atoms with Crippen molar-refractivity contribution in [3.63, 3.8) is 0 Å². The molecule has 1 aliphatic rings. The minimum Gasteiger partial charge on any atom is -0.494 e. The summed E-state index contributed by atoms with van der Waals surface area (Å²) in [4.78, 5) is 0. The summed E-state index contributed by atoms with van der Waals surface area (Å²) in [6, 6.07) is 8.21. The summed E-state index contributed by atoms with van der Waals surface area (Å²) in [7, 11) is 0. The van der Waals surface area contributed by atoms with Gasteiger partial charge in [0.2, 0.25) is 0 Å². The third kappa shape index (κ3) is 3.20. The maximum atomic E-state index is 6.23. The van der Waals surface area contributed by atoms with E-state index in [2.05, 4.69) is 19.1 Å². The van der Waals surface area contributed by atoms with E-state index < -0.39 is 0 Å². The van der Waals surface area contributed by atoms with Gasteiger partial charge in [-0.25, -0.2) is 0 Å². The predicted octanol–water partition coefficient (Wildman–Crippen LogP) is 2.51. The van der Waals surface area contributed by atoms with Crippen LogP contribution in [0.25, 0.3) is 0 Å². The summed E-state index contributed by atoms with van der Waals surface area (Å²) in [5.41, 5.74) is 7.40. The highest BCUT2D eigenvalue weighted by Crippen LogP contribution is 2.27. The zero-order valence-electron chi connectivity index (χ0n) is 10.4. The first kappa shape index (κ1) is 12.4. The second-order valence-corrected chi connectivity index (χ2v) is 4.57. The zero-order chi connectivity index (χ0) is 12.1. The summed E-state index contributed by atoms with van der Waals surface area (Å²) in [6.45, 7) is 4.50. The van der Waals surface area contributed by atoms with E-state index in [4.69, 9.17) is 15.2 Å². The monoisotopic (exact) mass is 235 g/mol. The topological polar surface area (TPSA) is 44.5 Å². The van der Waals surface area contributed by atoms with Crippen molar-refractivity contribution in [2.75, 3.05) is 19.8 Å². The zero-order valence-corrected chi connectivity index (χ0v) is 10.4. The van der Waals surface area contributed by atoms with Crippen molar-refractivity contribution in [1.29, 1.82) is 0 Å². The van der Waals surface area contributed by atoms with E-state index in [0.29, 0.717) is 5.92 Å². The van der Waals surface area contributed by atoms with Gasteiger partial charge in [-0.05, 0) is 30.5 Å². The van der Waals surface area contributed by atoms with Gasteiger partial charge >= 0.3 is 0 Å². The maximum absolute atomic E-state index is 6.23. The van der Waals surface area contributed by atoms with E-state index in [1.54, 1.807) is 0 Å². The Morgan fingerprint density at radius 2 is 2.18 bits per heavy atom. The Labute approximate surface area is 103 Å². The van der Waals surface area contributed by atoms with Gasteiger partial charge in [0.1, 0.15) is 5.75 Å². The first-order chi connectivity index (χ1) is 8.31. The molecule has 1 aromatic carbocycles. The minimum atomic E-state index is 0.0812. The lowest BCUT2D eigenvalue weighted by atomic mass is 9.93. The molecule has 1 aromatic rings. The molecule has 94 valence electrons. The Morgan fingerprint density at radius 1 is 1.41 bits per heavy atom. The van der Waals surface area contributed by atoms with Gasteiger partial charge in [-0.2, -0.15) is 0 Å². The van der Waals surface area contributed by atoms with Crippen LogP contribution in [0.4, 0.5) is 0 Å². The molecule has 2 unspecified atom stereocenters. The molecule has 1 heterocycles. The molecule has 1 aliphatic heterocycles. The minimum absolute atomic E-state index is 0.0812. The van der Waals surface area contributed by atoms with Crippen LogP contribution in [0.1, 0.15) is 31.4 Å². The molecule has 2 atom stereocenters. The van der Waals surface area contributed by atoms with Gasteiger partial charge in [0.25, 0.3) is 0 Å². The number of rotatable bonds is 5. The summed E-state index contributed by atoms with van der Waals surface area (Å²) in [5, 5.41) is 0. The molecule has 2 rings (SSSR count). The molecule has 17 heavy (non-hydrogen) atoms. The van der Waals surface area contributed by atoms with E-state index in [0.717, 1.165) is 38.4 Å². The lowest BCUT2D eigenvalue weighted by molar-refractivity contribution is 0.181. The number of ether oxygens (including phenoxy) is 2. The number of hydrogen-bond donors (Lipinski definition) is 1. The summed E-state index contributed by atoms with van der Waals surface area (Å²) < 4.78 is 10.9. The molecule has 0 spiro atoms. The van der Waals surface area contributed by atoms with E-state index in [9.17, 15) is 0 Å². The fraction of sp³-hybridized carbons (Fsp3) is 0.571. The van der Waals surface area contributed by atoms with Crippen LogP contribution in [0.2, 0.25) is 0 Å². The molecule has 1 fully saturated rings. The summed E-state index contributed by atoms with van der Waals surface area (Å²) in [5.74, 6) is 1.38. The smallest absolute Gasteiger partial charge is 0.119 e. The Balaban J connectivity index is 1.96. The lowest BCUT2D eigenvalue weighted by Gasteiger charge is -2.18. The van der Waals surface area contributed by atoms with Crippen molar-refractivity contribution >= 4 is 0 Å². The fourth-order valence-corrected chi connectivity index (χ4v) is 2.11. The molecule has 0 saturated carbocycles. The molecule has 3 nitrogen and oxygen atoms in total. The molecule has 0 bridgehead atoms. The van der Waals surface area contributed by atoms with Gasteiger partial charge in [-0.3, -0.25) is 0 Å². The van der Waals surface area contributed by atoms with Gasteiger partial charge in [0.05, 0.1) is 13.2 Å². The molecular formula is C14H21NO2. The van der Waals surface area contributed by atoms with E-state index in [-0.39, 0.29) is 6.04 Å². The van der Waals surface area contributed by atoms with Crippen LogP contribution in [0.3, 0.4) is 0 Å². The molecule has 3 heteroatoms. The number of hydrogen-bond acceptors (Lipinski definition) is 3. The first-order valence-electron chi connectivity index (χ1n) is 6.37. The van der Waals surface area contributed by atoms with Crippen LogP contribution >= 0.6 is 0 Å². The molecule has 0 amide bonds. The average Bonchev–Trinajstić information content (AvgIpc) is 2.90. The quantitative estimate of drug-likeness (QED) is 0.853. The average molecular weight is 235 g/mol. The van der Waals surface area contributed by atoms with Crippen LogP contribution in [-0.4, -0.2) is 19.8 Å². The maximum Gasteiger partial charge on any atom is 0.119 e. The standard InChI is InChI=1S/C14H21NO2/c1-2-8-17-13-5-3-11(4-6-13)14(15)12-7-9-16-10-12/h3-6,12,14H,2,7-10,15H2,1H3. The number of benzene rings is 1. The first-order valence-corrected chi connectivity index (χ1v) is 6.37. The highest BCUT2D eigenvalue weighted by atomic mass is 16.5. The van der Waals surface area contributed by atoms with Crippen LogP contribution in [0.15, 0.2) is 24.3 Å². The van der Waals surface area contributed by atoms with Gasteiger partial charge in [-0.1, -0.05) is 19.1 Å². The Kier molecular flexibility index (Phi) is 4.40. The Morgan fingerprint density at radius 3 is 2.76 bits per heavy atom. The largest absolute Gasteiger partial charge is 0.494 e. The van der Waals surface area contributed by atoms with Crippen LogP contribution in [-0.2, 0) is 4.74 Å². The highest BCUT2D eigenvalue weighted by molar-refractivity contribution is 5.29.